The number of carbonyl (C=O) groups excluding carboxylic acids is 2. The molecule has 1 aliphatic rings. The number of benzene rings is 1. The number of hydrogen-bond acceptors (Lipinski definition) is 5. The van der Waals surface area contributed by atoms with E-state index in [1.54, 1.807) is 13.0 Å². The van der Waals surface area contributed by atoms with Gasteiger partial charge >= 0.3 is 5.97 Å². The molecule has 0 spiro atoms. The zero-order valence-electron chi connectivity index (χ0n) is 18.5. The molecule has 162 valence electrons. The molecule has 2 aromatic heterocycles. The van der Waals surface area contributed by atoms with Gasteiger partial charge in [0.15, 0.2) is 6.61 Å². The van der Waals surface area contributed by atoms with Crippen LogP contribution in [0.4, 0.5) is 0 Å². The van der Waals surface area contributed by atoms with E-state index in [0.717, 1.165) is 53.8 Å². The lowest BCUT2D eigenvalue weighted by Gasteiger charge is -2.14. The molecule has 31 heavy (non-hydrogen) atoms. The fourth-order valence-electron chi connectivity index (χ4n) is 4.24. The number of esters is 1. The maximum absolute atomic E-state index is 12.8. The first kappa shape index (κ1) is 21.2. The van der Waals surface area contributed by atoms with Crippen molar-refractivity contribution < 1.29 is 19.1 Å². The summed E-state index contributed by atoms with van der Waals surface area (Å²) in [6, 6.07) is 9.55. The van der Waals surface area contributed by atoms with Crippen LogP contribution in [0.1, 0.15) is 56.2 Å². The van der Waals surface area contributed by atoms with Crippen LogP contribution in [0.25, 0.3) is 10.9 Å². The fraction of sp³-hybridized carbons (Fsp3) is 0.400. The van der Waals surface area contributed by atoms with Crippen molar-refractivity contribution in [3.05, 3.63) is 64.1 Å². The van der Waals surface area contributed by atoms with Crippen LogP contribution in [0.5, 0.6) is 0 Å². The summed E-state index contributed by atoms with van der Waals surface area (Å²) in [5.41, 5.74) is 5.37. The number of pyridine rings is 1. The van der Waals surface area contributed by atoms with Gasteiger partial charge in [-0.1, -0.05) is 11.6 Å². The highest BCUT2D eigenvalue weighted by Gasteiger charge is 2.22. The van der Waals surface area contributed by atoms with Crippen LogP contribution in [0, 0.1) is 27.7 Å². The minimum Gasteiger partial charge on any atom is -0.454 e. The van der Waals surface area contributed by atoms with Crippen LogP contribution in [-0.2, 0) is 16.0 Å². The van der Waals surface area contributed by atoms with Crippen molar-refractivity contribution >= 4 is 22.7 Å². The zero-order valence-corrected chi connectivity index (χ0v) is 18.5. The van der Waals surface area contributed by atoms with Crippen LogP contribution in [0.15, 0.2) is 30.3 Å². The number of hydrogen-bond donors (Lipinski definition) is 0. The van der Waals surface area contributed by atoms with Gasteiger partial charge in [0.2, 0.25) is 5.78 Å². The van der Waals surface area contributed by atoms with E-state index in [1.165, 1.54) is 0 Å². The zero-order chi connectivity index (χ0) is 22.1. The summed E-state index contributed by atoms with van der Waals surface area (Å²) in [4.78, 5) is 30.0. The van der Waals surface area contributed by atoms with Gasteiger partial charge in [0.05, 0.1) is 22.9 Å². The Balaban J connectivity index is 1.47. The second kappa shape index (κ2) is 8.63. The van der Waals surface area contributed by atoms with E-state index in [4.69, 9.17) is 9.47 Å². The van der Waals surface area contributed by atoms with Gasteiger partial charge in [-0.15, -0.1) is 0 Å². The van der Waals surface area contributed by atoms with Crippen molar-refractivity contribution in [2.45, 2.75) is 53.2 Å². The van der Waals surface area contributed by atoms with Crippen LogP contribution >= 0.6 is 0 Å². The first-order valence-corrected chi connectivity index (χ1v) is 10.7. The van der Waals surface area contributed by atoms with Crippen LogP contribution < -0.4 is 0 Å². The van der Waals surface area contributed by atoms with E-state index in [0.29, 0.717) is 16.8 Å². The second-order valence-corrected chi connectivity index (χ2v) is 8.35. The summed E-state index contributed by atoms with van der Waals surface area (Å²) in [7, 11) is 0. The highest BCUT2D eigenvalue weighted by Crippen LogP contribution is 2.22. The number of Topliss-reactive ketones (excluding diaryl/α,β-unsaturated/α-hetero) is 1. The largest absolute Gasteiger partial charge is 0.454 e. The Morgan fingerprint density at radius 2 is 1.94 bits per heavy atom. The Kier molecular flexibility index (Phi) is 5.92. The molecule has 0 N–H and O–H groups in total. The third-order valence-corrected chi connectivity index (χ3v) is 6.00. The molecule has 3 aromatic rings. The fourth-order valence-corrected chi connectivity index (χ4v) is 4.24. The molecule has 0 amide bonds. The minimum atomic E-state index is -0.532. The summed E-state index contributed by atoms with van der Waals surface area (Å²) in [6.07, 6.45) is 2.31. The number of aromatic nitrogens is 2. The van der Waals surface area contributed by atoms with Crippen molar-refractivity contribution in [2.75, 3.05) is 13.2 Å². The maximum Gasteiger partial charge on any atom is 0.340 e. The minimum absolute atomic E-state index is 0.192. The summed E-state index contributed by atoms with van der Waals surface area (Å²) in [5, 5.41) is 0.876. The van der Waals surface area contributed by atoms with Gasteiger partial charge in [0.25, 0.3) is 0 Å². The van der Waals surface area contributed by atoms with E-state index < -0.39 is 5.97 Å². The standard InChI is InChI=1S/C25H28N2O4/c1-15-7-8-23-19(10-15)12-21(17(3)26-23)25(29)31-14-24(28)22-11-16(2)27(18(22)4)13-20-6-5-9-30-20/h7-8,10-12,20H,5-6,9,13-14H2,1-4H3/t20-/m0/s1. The number of ketones is 1. The molecule has 3 heterocycles. The molecule has 4 rings (SSSR count). The highest BCUT2D eigenvalue weighted by molar-refractivity contribution is 6.01. The van der Waals surface area contributed by atoms with E-state index in [2.05, 4.69) is 9.55 Å². The number of nitrogens with zero attached hydrogens (tertiary/aromatic N) is 2. The molecule has 0 bridgehead atoms. The van der Waals surface area contributed by atoms with Crippen LogP contribution in [-0.4, -0.2) is 40.6 Å². The van der Waals surface area contributed by atoms with Crippen molar-refractivity contribution in [3.63, 3.8) is 0 Å². The van der Waals surface area contributed by atoms with Crippen LogP contribution in [0.2, 0.25) is 0 Å². The first-order chi connectivity index (χ1) is 14.8. The third-order valence-electron chi connectivity index (χ3n) is 6.00. The SMILES string of the molecule is Cc1ccc2nc(C)c(C(=O)OCC(=O)c3cc(C)n(C[C@@H]4CCCO4)c3C)cc2c1. The average molecular weight is 421 g/mol. The molecule has 0 radical (unpaired) electrons. The van der Waals surface area contributed by atoms with E-state index >= 15 is 0 Å². The molecule has 6 nitrogen and oxygen atoms in total. The number of aryl methyl sites for hydroxylation is 3. The monoisotopic (exact) mass is 420 g/mol. The van der Waals surface area contributed by atoms with Gasteiger partial charge in [-0.3, -0.25) is 9.78 Å². The molecule has 6 heteroatoms. The summed E-state index contributed by atoms with van der Waals surface area (Å²) < 4.78 is 13.2. The molecule has 1 aliphatic heterocycles. The molecule has 0 saturated carbocycles. The topological polar surface area (TPSA) is 70.4 Å². The number of carbonyl (C=O) groups is 2. The normalized spacial score (nSPS) is 16.1. The molecular formula is C25H28N2O4. The van der Waals surface area contributed by atoms with Gasteiger partial charge in [-0.25, -0.2) is 4.79 Å². The quantitative estimate of drug-likeness (QED) is 0.434. The number of fused-ring (bicyclic) bond motifs is 1. The van der Waals surface area contributed by atoms with E-state index in [9.17, 15) is 9.59 Å². The Hall–Kier alpha value is -2.99. The summed E-state index contributed by atoms with van der Waals surface area (Å²) >= 11 is 0. The van der Waals surface area contributed by atoms with Gasteiger partial charge < -0.3 is 14.0 Å². The molecule has 0 unspecified atom stereocenters. The summed E-state index contributed by atoms with van der Waals surface area (Å²) in [5.74, 6) is -0.739. The Bertz CT molecular complexity index is 1160. The lowest BCUT2D eigenvalue weighted by molar-refractivity contribution is 0.0473. The lowest BCUT2D eigenvalue weighted by atomic mass is 10.1. The highest BCUT2D eigenvalue weighted by atomic mass is 16.5. The van der Waals surface area contributed by atoms with Gasteiger partial charge in [-0.2, -0.15) is 0 Å². The molecule has 1 saturated heterocycles. The Morgan fingerprint density at radius 3 is 2.68 bits per heavy atom. The smallest absolute Gasteiger partial charge is 0.340 e. The van der Waals surface area contributed by atoms with Gasteiger partial charge in [0.1, 0.15) is 0 Å². The first-order valence-electron chi connectivity index (χ1n) is 10.7. The summed E-state index contributed by atoms with van der Waals surface area (Å²) in [6.45, 7) is 8.92. The molecular weight excluding hydrogens is 392 g/mol. The van der Waals surface area contributed by atoms with Crippen molar-refractivity contribution in [1.82, 2.24) is 9.55 Å². The molecule has 1 aromatic carbocycles. The third kappa shape index (κ3) is 4.39. The second-order valence-electron chi connectivity index (χ2n) is 8.35. The maximum atomic E-state index is 12.8. The predicted molar refractivity (Wildman–Crippen MR) is 119 cm³/mol. The van der Waals surface area contributed by atoms with Crippen molar-refractivity contribution in [2.24, 2.45) is 0 Å². The van der Waals surface area contributed by atoms with E-state index in [1.807, 2.05) is 45.0 Å². The van der Waals surface area contributed by atoms with Gasteiger partial charge in [-0.05, 0) is 64.8 Å². The Labute approximate surface area is 182 Å². The number of ether oxygens (including phenoxy) is 2. The lowest BCUT2D eigenvalue weighted by Crippen LogP contribution is -2.18. The van der Waals surface area contributed by atoms with E-state index in [-0.39, 0.29) is 18.5 Å². The van der Waals surface area contributed by atoms with Crippen LogP contribution in [0.3, 0.4) is 0 Å². The Morgan fingerprint density at radius 1 is 1.13 bits per heavy atom. The average Bonchev–Trinajstić information content (AvgIpc) is 3.35. The van der Waals surface area contributed by atoms with Gasteiger partial charge in [0, 0.05) is 35.5 Å². The number of rotatable bonds is 6. The molecule has 1 atom stereocenters. The molecule has 0 aliphatic carbocycles. The van der Waals surface area contributed by atoms with Crippen molar-refractivity contribution in [1.29, 1.82) is 0 Å². The predicted octanol–water partition coefficient (Wildman–Crippen LogP) is 4.49. The van der Waals surface area contributed by atoms with Crippen molar-refractivity contribution in [3.8, 4) is 0 Å². The molecule has 1 fully saturated rings.